The van der Waals surface area contributed by atoms with Crippen LogP contribution < -0.4 is 10.2 Å². The minimum absolute atomic E-state index is 0.519. The molecule has 1 heterocycles. The molecule has 0 unspecified atom stereocenters. The van der Waals surface area contributed by atoms with Gasteiger partial charge in [-0.25, -0.2) is 10.4 Å². The Labute approximate surface area is 165 Å². The lowest BCUT2D eigenvalue weighted by molar-refractivity contribution is 0.306. The second-order valence-corrected chi connectivity index (χ2v) is 6.88. The van der Waals surface area contributed by atoms with Crippen LogP contribution in [0.25, 0.3) is 11.0 Å². The normalized spacial score (nSPS) is 11.1. The van der Waals surface area contributed by atoms with Crippen LogP contribution in [0.1, 0.15) is 11.1 Å². The summed E-state index contributed by atoms with van der Waals surface area (Å²) in [5, 5.41) is 4.25. The van der Waals surface area contributed by atoms with E-state index >= 15 is 0 Å². The van der Waals surface area contributed by atoms with Crippen LogP contribution in [0.3, 0.4) is 0 Å². The zero-order valence-corrected chi connectivity index (χ0v) is 16.0. The highest BCUT2D eigenvalue weighted by Gasteiger charge is 2.00. The van der Waals surface area contributed by atoms with Gasteiger partial charge in [0.25, 0.3) is 0 Å². The van der Waals surface area contributed by atoms with E-state index in [4.69, 9.17) is 4.74 Å². The summed E-state index contributed by atoms with van der Waals surface area (Å²) in [6.07, 6.45) is 1.74. The first-order valence-electron chi connectivity index (χ1n) is 8.47. The van der Waals surface area contributed by atoms with Crippen molar-refractivity contribution in [2.45, 2.75) is 6.61 Å². The Bertz CT molecular complexity index is 1040. The van der Waals surface area contributed by atoms with Gasteiger partial charge in [-0.15, -0.1) is 0 Å². The Hall–Kier alpha value is -3.12. The number of anilines is 1. The first kappa shape index (κ1) is 17.3. The summed E-state index contributed by atoms with van der Waals surface area (Å²) in [5.41, 5.74) is 6.85. The lowest BCUT2D eigenvalue weighted by atomic mass is 10.2. The minimum atomic E-state index is 0.519. The Morgan fingerprint density at radius 3 is 2.74 bits per heavy atom. The van der Waals surface area contributed by atoms with Gasteiger partial charge in [-0.05, 0) is 47.5 Å². The van der Waals surface area contributed by atoms with Crippen LogP contribution in [0.15, 0.2) is 82.4 Å². The molecular weight excluding hydrogens is 404 g/mol. The van der Waals surface area contributed by atoms with Crippen molar-refractivity contribution in [2.75, 3.05) is 5.43 Å². The molecule has 0 aliphatic heterocycles. The molecule has 27 heavy (non-hydrogen) atoms. The molecule has 4 aromatic rings. The molecule has 0 saturated carbocycles. The van der Waals surface area contributed by atoms with Crippen LogP contribution in [0.5, 0.6) is 5.75 Å². The summed E-state index contributed by atoms with van der Waals surface area (Å²) in [6, 6.07) is 23.7. The van der Waals surface area contributed by atoms with Crippen molar-refractivity contribution in [2.24, 2.45) is 5.10 Å². The molecule has 6 heteroatoms. The number of hydrogen-bond donors (Lipinski definition) is 2. The number of aromatic nitrogens is 2. The van der Waals surface area contributed by atoms with Gasteiger partial charge in [0, 0.05) is 4.47 Å². The largest absolute Gasteiger partial charge is 0.489 e. The number of hydrazone groups is 1. The van der Waals surface area contributed by atoms with Crippen molar-refractivity contribution in [1.29, 1.82) is 0 Å². The maximum atomic E-state index is 5.86. The molecule has 0 amide bonds. The summed E-state index contributed by atoms with van der Waals surface area (Å²) in [7, 11) is 0. The molecule has 0 spiro atoms. The van der Waals surface area contributed by atoms with Crippen LogP contribution >= 0.6 is 15.9 Å². The third-order valence-electron chi connectivity index (χ3n) is 3.95. The molecule has 2 N–H and O–H groups in total. The van der Waals surface area contributed by atoms with E-state index in [1.165, 1.54) is 0 Å². The van der Waals surface area contributed by atoms with Crippen LogP contribution in [0.4, 0.5) is 5.95 Å². The topological polar surface area (TPSA) is 62.3 Å². The van der Waals surface area contributed by atoms with Gasteiger partial charge < -0.3 is 9.72 Å². The zero-order chi connectivity index (χ0) is 18.5. The molecular formula is C21H17BrN4O. The van der Waals surface area contributed by atoms with Crippen LogP contribution in [-0.2, 0) is 6.61 Å². The van der Waals surface area contributed by atoms with Gasteiger partial charge in [0.2, 0.25) is 5.95 Å². The average Bonchev–Trinajstić information content (AvgIpc) is 3.11. The number of imidazole rings is 1. The van der Waals surface area contributed by atoms with E-state index in [2.05, 4.69) is 36.4 Å². The fourth-order valence-electron chi connectivity index (χ4n) is 2.61. The quantitative estimate of drug-likeness (QED) is 0.326. The molecule has 0 aliphatic rings. The number of nitrogens with zero attached hydrogens (tertiary/aromatic N) is 2. The van der Waals surface area contributed by atoms with E-state index in [9.17, 15) is 0 Å². The first-order valence-corrected chi connectivity index (χ1v) is 9.27. The van der Waals surface area contributed by atoms with Crippen molar-refractivity contribution < 1.29 is 4.74 Å². The number of para-hydroxylation sites is 2. The van der Waals surface area contributed by atoms with Crippen molar-refractivity contribution >= 4 is 39.1 Å². The van der Waals surface area contributed by atoms with Crippen LogP contribution in [0.2, 0.25) is 0 Å². The van der Waals surface area contributed by atoms with Crippen molar-refractivity contribution in [3.8, 4) is 5.75 Å². The number of nitrogens with one attached hydrogen (secondary N) is 2. The maximum absolute atomic E-state index is 5.86. The van der Waals surface area contributed by atoms with Gasteiger partial charge in [0.1, 0.15) is 12.4 Å². The number of fused-ring (bicyclic) bond motifs is 1. The van der Waals surface area contributed by atoms with E-state index in [1.807, 2.05) is 72.8 Å². The highest BCUT2D eigenvalue weighted by atomic mass is 79.9. The number of hydrogen-bond acceptors (Lipinski definition) is 4. The van der Waals surface area contributed by atoms with E-state index in [0.717, 1.165) is 32.4 Å². The van der Waals surface area contributed by atoms with E-state index in [1.54, 1.807) is 6.21 Å². The zero-order valence-electron chi connectivity index (χ0n) is 14.4. The van der Waals surface area contributed by atoms with E-state index < -0.39 is 0 Å². The highest BCUT2D eigenvalue weighted by molar-refractivity contribution is 9.10. The summed E-state index contributed by atoms with van der Waals surface area (Å²) in [4.78, 5) is 7.59. The molecule has 3 aromatic carbocycles. The second kappa shape index (κ2) is 8.05. The molecule has 0 saturated heterocycles. The highest BCUT2D eigenvalue weighted by Crippen LogP contribution is 2.16. The number of aromatic amines is 1. The maximum Gasteiger partial charge on any atom is 0.222 e. The molecule has 5 nitrogen and oxygen atoms in total. The van der Waals surface area contributed by atoms with Crippen molar-refractivity contribution in [3.63, 3.8) is 0 Å². The van der Waals surface area contributed by atoms with Crippen LogP contribution in [-0.4, -0.2) is 16.2 Å². The summed E-state index contributed by atoms with van der Waals surface area (Å²) < 4.78 is 6.92. The van der Waals surface area contributed by atoms with Crippen molar-refractivity contribution in [3.05, 3.63) is 88.4 Å². The average molecular weight is 421 g/mol. The first-order chi connectivity index (χ1) is 13.3. The summed E-state index contributed by atoms with van der Waals surface area (Å²) in [6.45, 7) is 0.519. The molecule has 0 atom stereocenters. The lowest BCUT2D eigenvalue weighted by Crippen LogP contribution is -1.96. The molecule has 4 rings (SSSR count). The lowest BCUT2D eigenvalue weighted by Gasteiger charge is -2.07. The molecule has 1 aromatic heterocycles. The van der Waals surface area contributed by atoms with Gasteiger partial charge in [-0.3, -0.25) is 0 Å². The van der Waals surface area contributed by atoms with Gasteiger partial charge >= 0.3 is 0 Å². The smallest absolute Gasteiger partial charge is 0.222 e. The van der Waals surface area contributed by atoms with Gasteiger partial charge in [-0.1, -0.05) is 52.3 Å². The third kappa shape index (κ3) is 4.54. The number of ether oxygens (including phenoxy) is 1. The Morgan fingerprint density at radius 1 is 1.04 bits per heavy atom. The van der Waals surface area contributed by atoms with E-state index in [0.29, 0.717) is 12.6 Å². The number of benzene rings is 3. The SMILES string of the molecule is Brc1ccc(COc2cccc(C=NNc3nc4ccccc4[nH]3)c2)cc1. The molecule has 134 valence electrons. The van der Waals surface area contributed by atoms with Crippen LogP contribution in [0, 0.1) is 0 Å². The number of H-pyrrole nitrogens is 1. The molecule has 0 aliphatic carbocycles. The van der Waals surface area contributed by atoms with Gasteiger partial charge in [-0.2, -0.15) is 5.10 Å². The number of rotatable bonds is 6. The van der Waals surface area contributed by atoms with Gasteiger partial charge in [0.05, 0.1) is 17.2 Å². The third-order valence-corrected chi connectivity index (χ3v) is 4.48. The Kier molecular flexibility index (Phi) is 5.16. The Morgan fingerprint density at radius 2 is 1.89 bits per heavy atom. The fraction of sp³-hybridized carbons (Fsp3) is 0.0476. The van der Waals surface area contributed by atoms with Crippen molar-refractivity contribution in [1.82, 2.24) is 9.97 Å². The second-order valence-electron chi connectivity index (χ2n) is 5.96. The monoisotopic (exact) mass is 420 g/mol. The van der Waals surface area contributed by atoms with Gasteiger partial charge in [0.15, 0.2) is 0 Å². The number of halogens is 1. The fourth-order valence-corrected chi connectivity index (χ4v) is 2.87. The molecule has 0 radical (unpaired) electrons. The molecule has 0 bridgehead atoms. The standard InChI is InChI=1S/C21H17BrN4O/c22-17-10-8-15(9-11-17)14-27-18-5-3-4-16(12-18)13-23-26-21-24-19-6-1-2-7-20(19)25-21/h1-13H,14H2,(H2,24,25,26). The van der Waals surface area contributed by atoms with E-state index in [-0.39, 0.29) is 0 Å². The Balaban J connectivity index is 1.38. The minimum Gasteiger partial charge on any atom is -0.489 e. The summed E-state index contributed by atoms with van der Waals surface area (Å²) in [5.74, 6) is 1.40. The predicted molar refractivity (Wildman–Crippen MR) is 112 cm³/mol. The summed E-state index contributed by atoms with van der Waals surface area (Å²) >= 11 is 3.43. The molecule has 0 fully saturated rings. The predicted octanol–water partition coefficient (Wildman–Crippen LogP) is 5.35.